The molecule has 3 heteroatoms. The lowest BCUT2D eigenvalue weighted by molar-refractivity contribution is 0.0525. The van der Waals surface area contributed by atoms with Gasteiger partial charge in [-0.1, -0.05) is 30.8 Å². The fourth-order valence-electron chi connectivity index (χ4n) is 1.29. The van der Waals surface area contributed by atoms with Gasteiger partial charge in [0, 0.05) is 12.2 Å². The first kappa shape index (κ1) is 11.9. The number of aliphatic hydroxyl groups excluding tert-OH is 1. The zero-order valence-corrected chi connectivity index (χ0v) is 8.42. The Labute approximate surface area is 88.1 Å². The molecule has 0 saturated carbocycles. The number of alkyl halides is 2. The van der Waals surface area contributed by atoms with Crippen molar-refractivity contribution in [2.24, 2.45) is 0 Å². The van der Waals surface area contributed by atoms with Crippen LogP contribution in [0.15, 0.2) is 36.9 Å². The molecule has 15 heavy (non-hydrogen) atoms. The van der Waals surface area contributed by atoms with E-state index >= 15 is 0 Å². The van der Waals surface area contributed by atoms with Crippen LogP contribution in [0.5, 0.6) is 0 Å². The highest BCUT2D eigenvalue weighted by Crippen LogP contribution is 2.28. The summed E-state index contributed by atoms with van der Waals surface area (Å²) in [5, 5.41) is 8.62. The lowest BCUT2D eigenvalue weighted by Gasteiger charge is -2.11. The van der Waals surface area contributed by atoms with Crippen LogP contribution in [0.25, 0.3) is 0 Å². The minimum atomic E-state index is -2.96. The summed E-state index contributed by atoms with van der Waals surface area (Å²) in [4.78, 5) is 0. The molecule has 0 aliphatic rings. The Balaban J connectivity index is 2.76. The molecule has 1 N–H and O–H groups in total. The lowest BCUT2D eigenvalue weighted by Crippen LogP contribution is -2.08. The second-order valence-corrected chi connectivity index (χ2v) is 3.35. The molecule has 0 unspecified atom stereocenters. The summed E-state index contributed by atoms with van der Waals surface area (Å²) in [5.74, 6) is -2.96. The Morgan fingerprint density at radius 2 is 1.87 bits per heavy atom. The molecular weight excluding hydrogens is 198 g/mol. The molecule has 0 fully saturated rings. The zero-order valence-electron chi connectivity index (χ0n) is 8.42. The summed E-state index contributed by atoms with van der Waals surface area (Å²) < 4.78 is 26.2. The molecule has 1 rings (SSSR count). The van der Waals surface area contributed by atoms with Gasteiger partial charge in [0.05, 0.1) is 0 Å². The normalized spacial score (nSPS) is 11.4. The number of hydrogen-bond donors (Lipinski definition) is 1. The van der Waals surface area contributed by atoms with Crippen LogP contribution >= 0.6 is 0 Å². The van der Waals surface area contributed by atoms with E-state index in [1.54, 1.807) is 12.1 Å². The van der Waals surface area contributed by atoms with Crippen molar-refractivity contribution in [1.29, 1.82) is 0 Å². The average Bonchev–Trinajstić information content (AvgIpc) is 2.27. The SMILES string of the molecule is C=CC(F)(F)c1ccc(CCCO)cc1. The molecule has 82 valence electrons. The number of rotatable bonds is 5. The molecule has 0 amide bonds. The van der Waals surface area contributed by atoms with E-state index in [0.29, 0.717) is 18.9 Å². The maximum absolute atomic E-state index is 13.1. The van der Waals surface area contributed by atoms with Gasteiger partial charge in [0.25, 0.3) is 5.92 Å². The quantitative estimate of drug-likeness (QED) is 0.744. The molecular formula is C12H14F2O. The first-order valence-electron chi connectivity index (χ1n) is 4.82. The minimum Gasteiger partial charge on any atom is -0.396 e. The first-order valence-corrected chi connectivity index (χ1v) is 4.82. The molecule has 0 atom stereocenters. The monoisotopic (exact) mass is 212 g/mol. The van der Waals surface area contributed by atoms with Gasteiger partial charge in [0.15, 0.2) is 0 Å². The highest BCUT2D eigenvalue weighted by atomic mass is 19.3. The Bertz CT molecular complexity index is 317. The Morgan fingerprint density at radius 3 is 2.33 bits per heavy atom. The predicted octanol–water partition coefficient (Wildman–Crippen LogP) is 2.89. The van der Waals surface area contributed by atoms with Gasteiger partial charge in [0.2, 0.25) is 0 Å². The van der Waals surface area contributed by atoms with Gasteiger partial charge >= 0.3 is 0 Å². The van der Waals surface area contributed by atoms with Gasteiger partial charge < -0.3 is 5.11 Å². The Kier molecular flexibility index (Phi) is 3.97. The molecule has 0 bridgehead atoms. The first-order chi connectivity index (χ1) is 7.10. The standard InChI is InChI=1S/C12H14F2O/c1-2-12(13,14)11-7-5-10(6-8-11)4-3-9-15/h2,5-8,15H,1,3-4,9H2. The van der Waals surface area contributed by atoms with Gasteiger partial charge in [-0.2, -0.15) is 8.78 Å². The number of hydrogen-bond acceptors (Lipinski definition) is 1. The van der Waals surface area contributed by atoms with E-state index in [-0.39, 0.29) is 12.2 Å². The van der Waals surface area contributed by atoms with Gasteiger partial charge in [-0.3, -0.25) is 0 Å². The number of halogens is 2. The number of allylic oxidation sites excluding steroid dienone is 1. The molecule has 0 aliphatic carbocycles. The molecule has 1 aromatic carbocycles. The van der Waals surface area contributed by atoms with Crippen molar-refractivity contribution >= 4 is 0 Å². The zero-order chi connectivity index (χ0) is 11.3. The van der Waals surface area contributed by atoms with E-state index in [1.165, 1.54) is 12.1 Å². The largest absolute Gasteiger partial charge is 0.396 e. The van der Waals surface area contributed by atoms with Gasteiger partial charge in [-0.05, 0) is 24.5 Å². The highest BCUT2D eigenvalue weighted by molar-refractivity contribution is 5.28. The van der Waals surface area contributed by atoms with E-state index in [2.05, 4.69) is 6.58 Å². The average molecular weight is 212 g/mol. The van der Waals surface area contributed by atoms with Crippen LogP contribution in [0, 0.1) is 0 Å². The Hall–Kier alpha value is -1.22. The third-order valence-electron chi connectivity index (χ3n) is 2.22. The molecule has 1 nitrogen and oxygen atoms in total. The van der Waals surface area contributed by atoms with E-state index in [4.69, 9.17) is 5.11 Å². The van der Waals surface area contributed by atoms with E-state index in [0.717, 1.165) is 5.56 Å². The van der Waals surface area contributed by atoms with E-state index in [9.17, 15) is 8.78 Å². The summed E-state index contributed by atoms with van der Waals surface area (Å²) in [7, 11) is 0. The summed E-state index contributed by atoms with van der Waals surface area (Å²) in [5.41, 5.74) is 0.901. The van der Waals surface area contributed by atoms with Crippen LogP contribution in [0.3, 0.4) is 0 Å². The van der Waals surface area contributed by atoms with Crippen molar-refractivity contribution in [3.8, 4) is 0 Å². The number of aliphatic hydroxyl groups is 1. The molecule has 0 aromatic heterocycles. The van der Waals surface area contributed by atoms with Crippen molar-refractivity contribution < 1.29 is 13.9 Å². The predicted molar refractivity (Wildman–Crippen MR) is 55.9 cm³/mol. The minimum absolute atomic E-state index is 0.0507. The topological polar surface area (TPSA) is 20.2 Å². The summed E-state index contributed by atoms with van der Waals surface area (Å²) in [6.07, 6.45) is 1.99. The molecule has 1 aromatic rings. The van der Waals surface area contributed by atoms with Crippen LogP contribution in [0.1, 0.15) is 17.5 Å². The van der Waals surface area contributed by atoms with E-state index in [1.807, 2.05) is 0 Å². The molecule has 0 saturated heterocycles. The maximum atomic E-state index is 13.1. The van der Waals surface area contributed by atoms with Crippen LogP contribution in [-0.4, -0.2) is 11.7 Å². The van der Waals surface area contributed by atoms with Gasteiger partial charge in [0.1, 0.15) is 0 Å². The second kappa shape index (κ2) is 5.03. The van der Waals surface area contributed by atoms with Crippen LogP contribution < -0.4 is 0 Å². The van der Waals surface area contributed by atoms with Gasteiger partial charge in [-0.25, -0.2) is 0 Å². The fourth-order valence-corrected chi connectivity index (χ4v) is 1.29. The molecule has 0 spiro atoms. The van der Waals surface area contributed by atoms with Crippen molar-refractivity contribution in [2.75, 3.05) is 6.61 Å². The molecule has 0 aliphatic heterocycles. The maximum Gasteiger partial charge on any atom is 0.291 e. The highest BCUT2D eigenvalue weighted by Gasteiger charge is 2.26. The Morgan fingerprint density at radius 1 is 1.27 bits per heavy atom. The number of aryl methyl sites for hydroxylation is 1. The number of benzene rings is 1. The van der Waals surface area contributed by atoms with E-state index < -0.39 is 5.92 Å². The summed E-state index contributed by atoms with van der Waals surface area (Å²) in [6, 6.07) is 6.10. The van der Waals surface area contributed by atoms with Crippen LogP contribution in [0.4, 0.5) is 8.78 Å². The van der Waals surface area contributed by atoms with Crippen molar-refractivity contribution in [3.63, 3.8) is 0 Å². The molecule has 0 heterocycles. The van der Waals surface area contributed by atoms with Crippen molar-refractivity contribution in [3.05, 3.63) is 48.0 Å². The third kappa shape index (κ3) is 3.13. The lowest BCUT2D eigenvalue weighted by atomic mass is 10.0. The summed E-state index contributed by atoms with van der Waals surface area (Å²) in [6.45, 7) is 3.21. The second-order valence-electron chi connectivity index (χ2n) is 3.35. The fraction of sp³-hybridized carbons (Fsp3) is 0.333. The summed E-state index contributed by atoms with van der Waals surface area (Å²) >= 11 is 0. The van der Waals surface area contributed by atoms with Gasteiger partial charge in [-0.15, -0.1) is 0 Å². The molecule has 0 radical (unpaired) electrons. The third-order valence-corrected chi connectivity index (χ3v) is 2.22. The van der Waals surface area contributed by atoms with Crippen molar-refractivity contribution in [2.45, 2.75) is 18.8 Å². The van der Waals surface area contributed by atoms with Crippen LogP contribution in [-0.2, 0) is 12.3 Å². The van der Waals surface area contributed by atoms with Crippen molar-refractivity contribution in [1.82, 2.24) is 0 Å². The van der Waals surface area contributed by atoms with Crippen LogP contribution in [0.2, 0.25) is 0 Å². The smallest absolute Gasteiger partial charge is 0.291 e.